The van der Waals surface area contributed by atoms with E-state index >= 15 is 0 Å². The normalized spacial score (nSPS) is 24.5. The van der Waals surface area contributed by atoms with Crippen LogP contribution in [0.1, 0.15) is 12.0 Å². The van der Waals surface area contributed by atoms with E-state index in [1.54, 1.807) is 6.07 Å². The van der Waals surface area contributed by atoms with Gasteiger partial charge in [0.2, 0.25) is 0 Å². The van der Waals surface area contributed by atoms with Gasteiger partial charge in [0.15, 0.2) is 9.84 Å². The predicted molar refractivity (Wildman–Crippen MR) is 81.2 cm³/mol. The Morgan fingerprint density at radius 2 is 2.00 bits per heavy atom. The van der Waals surface area contributed by atoms with Crippen molar-refractivity contribution in [2.45, 2.75) is 18.9 Å². The van der Waals surface area contributed by atoms with Crippen LogP contribution >= 0.6 is 0 Å². The molecule has 1 saturated heterocycles. The molecule has 1 aromatic carbocycles. The molecular weight excluding hydrogens is 312 g/mol. The summed E-state index contributed by atoms with van der Waals surface area (Å²) in [5.41, 5.74) is 1.71. The first kappa shape index (κ1) is 14.8. The number of fused-ring (bicyclic) bond motifs is 1. The van der Waals surface area contributed by atoms with Crippen molar-refractivity contribution in [2.75, 3.05) is 29.4 Å². The smallest absolute Gasteiger partial charge is 0.257 e. The van der Waals surface area contributed by atoms with Crippen molar-refractivity contribution in [3.8, 4) is 0 Å². The molecule has 1 fully saturated rings. The molecule has 1 aromatic rings. The number of nitrogens with zero attached hydrogens (tertiary/aromatic N) is 2. The average Bonchev–Trinajstić information content (AvgIpc) is 3.01. The van der Waals surface area contributed by atoms with Crippen LogP contribution in [0.2, 0.25) is 0 Å². The van der Waals surface area contributed by atoms with Gasteiger partial charge in [-0.1, -0.05) is 18.2 Å². The van der Waals surface area contributed by atoms with E-state index in [1.165, 1.54) is 15.7 Å². The van der Waals surface area contributed by atoms with E-state index in [0.717, 1.165) is 5.56 Å². The van der Waals surface area contributed by atoms with Crippen molar-refractivity contribution >= 4 is 25.7 Å². The lowest BCUT2D eigenvalue weighted by molar-refractivity contribution is 0.392. The molecular formula is C13H18N2O4S2. The van der Waals surface area contributed by atoms with Crippen LogP contribution in [-0.4, -0.2) is 52.3 Å². The van der Waals surface area contributed by atoms with Gasteiger partial charge in [-0.15, -0.1) is 0 Å². The first-order chi connectivity index (χ1) is 9.81. The molecule has 0 radical (unpaired) electrons. The molecule has 0 aliphatic carbocycles. The van der Waals surface area contributed by atoms with E-state index in [9.17, 15) is 16.8 Å². The van der Waals surface area contributed by atoms with Crippen LogP contribution in [0, 0.1) is 0 Å². The highest BCUT2D eigenvalue weighted by Crippen LogP contribution is 2.32. The second kappa shape index (κ2) is 4.96. The summed E-state index contributed by atoms with van der Waals surface area (Å²) in [6, 6.07) is 6.95. The molecule has 0 amide bonds. The average molecular weight is 330 g/mol. The molecule has 0 bridgehead atoms. The summed E-state index contributed by atoms with van der Waals surface area (Å²) in [5, 5.41) is 0. The summed E-state index contributed by atoms with van der Waals surface area (Å²) >= 11 is 0. The SMILES string of the molecule is CN(C1CCS(=O)(=O)C1)S(=O)(=O)N1CCc2ccccc21. The molecule has 6 nitrogen and oxygen atoms in total. The molecule has 1 unspecified atom stereocenters. The fourth-order valence-corrected chi connectivity index (χ4v) is 6.44. The second-order valence-electron chi connectivity index (χ2n) is 5.53. The standard InChI is InChI=1S/C13H18N2O4S2/c1-14(12-7-9-20(16,17)10-12)21(18,19)15-8-6-11-4-2-3-5-13(11)15/h2-5,12H,6-10H2,1H3. The third kappa shape index (κ3) is 2.56. The number of para-hydroxylation sites is 1. The highest BCUT2D eigenvalue weighted by Gasteiger charge is 2.40. The highest BCUT2D eigenvalue weighted by molar-refractivity contribution is 7.92. The van der Waals surface area contributed by atoms with Crippen molar-refractivity contribution in [3.63, 3.8) is 0 Å². The molecule has 0 aromatic heterocycles. The molecule has 8 heteroatoms. The second-order valence-corrected chi connectivity index (χ2v) is 9.67. The van der Waals surface area contributed by atoms with Crippen LogP contribution in [-0.2, 0) is 26.5 Å². The molecule has 3 rings (SSSR count). The minimum atomic E-state index is -3.68. The lowest BCUT2D eigenvalue weighted by Gasteiger charge is -2.29. The van der Waals surface area contributed by atoms with E-state index < -0.39 is 26.1 Å². The number of benzene rings is 1. The predicted octanol–water partition coefficient (Wildman–Crippen LogP) is 0.413. The van der Waals surface area contributed by atoms with Crippen molar-refractivity contribution in [1.82, 2.24) is 4.31 Å². The summed E-state index contributed by atoms with van der Waals surface area (Å²) < 4.78 is 51.2. The Morgan fingerprint density at radius 3 is 2.67 bits per heavy atom. The molecule has 2 aliphatic heterocycles. The van der Waals surface area contributed by atoms with Crippen molar-refractivity contribution < 1.29 is 16.8 Å². The lowest BCUT2D eigenvalue weighted by Crippen LogP contribution is -2.46. The van der Waals surface area contributed by atoms with E-state index in [2.05, 4.69) is 0 Å². The number of anilines is 1. The number of hydrogen-bond acceptors (Lipinski definition) is 4. The molecule has 116 valence electrons. The Hall–Kier alpha value is -1.12. The van der Waals surface area contributed by atoms with Crippen molar-refractivity contribution in [2.24, 2.45) is 0 Å². The van der Waals surface area contributed by atoms with Gasteiger partial charge >= 0.3 is 10.2 Å². The zero-order valence-corrected chi connectivity index (χ0v) is 13.4. The van der Waals surface area contributed by atoms with Gasteiger partial charge in [0.05, 0.1) is 17.2 Å². The van der Waals surface area contributed by atoms with Gasteiger partial charge in [0.25, 0.3) is 0 Å². The number of rotatable bonds is 3. The van der Waals surface area contributed by atoms with Crippen LogP contribution in [0.3, 0.4) is 0 Å². The maximum Gasteiger partial charge on any atom is 0.304 e. The third-order valence-electron chi connectivity index (χ3n) is 4.21. The van der Waals surface area contributed by atoms with Gasteiger partial charge in [-0.25, -0.2) is 8.42 Å². The van der Waals surface area contributed by atoms with Crippen LogP contribution in [0.5, 0.6) is 0 Å². The van der Waals surface area contributed by atoms with E-state index in [1.807, 2.05) is 18.2 Å². The van der Waals surface area contributed by atoms with Crippen LogP contribution in [0.25, 0.3) is 0 Å². The minimum absolute atomic E-state index is 0.0636. The lowest BCUT2D eigenvalue weighted by atomic mass is 10.2. The van der Waals surface area contributed by atoms with Crippen LogP contribution in [0.15, 0.2) is 24.3 Å². The summed E-state index contributed by atoms with van der Waals surface area (Å²) in [6.45, 7) is 0.408. The topological polar surface area (TPSA) is 74.8 Å². The van der Waals surface area contributed by atoms with E-state index in [0.29, 0.717) is 25.1 Å². The monoisotopic (exact) mass is 330 g/mol. The molecule has 21 heavy (non-hydrogen) atoms. The van der Waals surface area contributed by atoms with Crippen LogP contribution < -0.4 is 4.31 Å². The molecule has 1 atom stereocenters. The quantitative estimate of drug-likeness (QED) is 0.805. The number of sulfone groups is 1. The maximum atomic E-state index is 12.8. The molecule has 0 N–H and O–H groups in total. The van der Waals surface area contributed by atoms with Gasteiger partial charge in [0, 0.05) is 19.6 Å². The Morgan fingerprint density at radius 1 is 1.29 bits per heavy atom. The van der Waals surface area contributed by atoms with Gasteiger partial charge in [-0.2, -0.15) is 12.7 Å². The largest absolute Gasteiger partial charge is 0.304 e. The summed E-state index contributed by atoms with van der Waals surface area (Å²) in [4.78, 5) is 0. The van der Waals surface area contributed by atoms with Gasteiger partial charge < -0.3 is 0 Å². The first-order valence-corrected chi connectivity index (χ1v) is 10.1. The Kier molecular flexibility index (Phi) is 3.50. The molecule has 0 spiro atoms. The van der Waals surface area contributed by atoms with Gasteiger partial charge in [-0.3, -0.25) is 4.31 Å². The van der Waals surface area contributed by atoms with Crippen molar-refractivity contribution in [1.29, 1.82) is 0 Å². The third-order valence-corrected chi connectivity index (χ3v) is 7.92. The Balaban J connectivity index is 1.88. The zero-order valence-electron chi connectivity index (χ0n) is 11.8. The Bertz CT molecular complexity index is 758. The fourth-order valence-electron chi connectivity index (χ4n) is 2.95. The summed E-state index contributed by atoms with van der Waals surface area (Å²) in [6.07, 6.45) is 1.06. The Labute approximate surface area is 125 Å². The fraction of sp³-hybridized carbons (Fsp3) is 0.538. The molecule has 0 saturated carbocycles. The molecule has 2 heterocycles. The zero-order chi connectivity index (χ0) is 15.3. The van der Waals surface area contributed by atoms with E-state index in [-0.39, 0.29) is 11.5 Å². The summed E-state index contributed by atoms with van der Waals surface area (Å²) in [7, 11) is -5.32. The van der Waals surface area contributed by atoms with Crippen LogP contribution in [0.4, 0.5) is 5.69 Å². The number of hydrogen-bond donors (Lipinski definition) is 0. The minimum Gasteiger partial charge on any atom is -0.257 e. The van der Waals surface area contributed by atoms with Crippen molar-refractivity contribution in [3.05, 3.63) is 29.8 Å². The maximum absolute atomic E-state index is 12.8. The van der Waals surface area contributed by atoms with Gasteiger partial charge in [0.1, 0.15) is 0 Å². The highest BCUT2D eigenvalue weighted by atomic mass is 32.2. The summed E-state index contributed by atoms with van der Waals surface area (Å²) in [5.74, 6) is -0.0215. The van der Waals surface area contributed by atoms with E-state index in [4.69, 9.17) is 0 Å². The first-order valence-electron chi connectivity index (χ1n) is 6.85. The van der Waals surface area contributed by atoms with Gasteiger partial charge in [-0.05, 0) is 24.5 Å². The molecule has 2 aliphatic rings.